The molecule has 0 spiro atoms. The second kappa shape index (κ2) is 9.51. The molecule has 0 saturated carbocycles. The molecule has 3 N–H and O–H groups in total. The smallest absolute Gasteiger partial charge is 0.414 e. The molecule has 0 aromatic heterocycles. The Kier molecular flexibility index (Phi) is 6.54. The lowest BCUT2D eigenvalue weighted by Crippen LogP contribution is -2.31. The van der Waals surface area contributed by atoms with Crippen LogP contribution in [-0.2, 0) is 16.1 Å². The van der Waals surface area contributed by atoms with E-state index in [0.29, 0.717) is 50.7 Å². The highest BCUT2D eigenvalue weighted by atomic mass is 19.1. The van der Waals surface area contributed by atoms with Gasteiger partial charge in [-0.2, -0.15) is 5.06 Å². The van der Waals surface area contributed by atoms with Gasteiger partial charge >= 0.3 is 12.1 Å². The monoisotopic (exact) mass is 444 g/mol. The van der Waals surface area contributed by atoms with Crippen LogP contribution in [0.1, 0.15) is 15.9 Å². The lowest BCUT2D eigenvalue weighted by molar-refractivity contribution is -0.154. The summed E-state index contributed by atoms with van der Waals surface area (Å²) in [6.07, 6.45) is -0.915. The molecule has 32 heavy (non-hydrogen) atoms. The van der Waals surface area contributed by atoms with E-state index >= 15 is 0 Å². The Morgan fingerprint density at radius 1 is 1.16 bits per heavy atom. The van der Waals surface area contributed by atoms with Gasteiger partial charge in [-0.3, -0.25) is 9.74 Å². The number of rotatable bonds is 6. The first-order valence-electron chi connectivity index (χ1n) is 10.4. The second-order valence-corrected chi connectivity index (χ2v) is 7.67. The van der Waals surface area contributed by atoms with Gasteiger partial charge in [0.2, 0.25) is 0 Å². The second-order valence-electron chi connectivity index (χ2n) is 7.67. The highest BCUT2D eigenvalue weighted by Gasteiger charge is 2.32. The summed E-state index contributed by atoms with van der Waals surface area (Å²) in [6.45, 7) is 2.99. The summed E-state index contributed by atoms with van der Waals surface area (Å²) in [5.74, 6) is -1.39. The first-order chi connectivity index (χ1) is 15.4. The predicted molar refractivity (Wildman–Crippen MR) is 115 cm³/mol. The van der Waals surface area contributed by atoms with Crippen LogP contribution >= 0.6 is 0 Å². The third kappa shape index (κ3) is 4.82. The van der Waals surface area contributed by atoms with E-state index in [1.54, 1.807) is 41.5 Å². The zero-order valence-electron chi connectivity index (χ0n) is 17.4. The number of nitrogens with zero attached hydrogens (tertiary/aromatic N) is 3. The molecular formula is C22H25FN4O5. The third-order valence-corrected chi connectivity index (χ3v) is 5.53. The molecule has 1 atom stereocenters. The van der Waals surface area contributed by atoms with Crippen LogP contribution in [0.15, 0.2) is 42.5 Å². The van der Waals surface area contributed by atoms with E-state index in [2.05, 4.69) is 0 Å². The summed E-state index contributed by atoms with van der Waals surface area (Å²) in [4.78, 5) is 32.0. The highest BCUT2D eigenvalue weighted by molar-refractivity contribution is 5.90. The number of benzene rings is 2. The van der Waals surface area contributed by atoms with Crippen molar-refractivity contribution in [3.63, 3.8) is 0 Å². The quantitative estimate of drug-likeness (QED) is 0.697. The number of carbonyl (C=O) groups is 2. The molecule has 2 saturated heterocycles. The number of carbonyl (C=O) groups excluding carboxylic acids is 1. The number of nitrogens with two attached hydrogens (primary N) is 1. The molecule has 9 nitrogen and oxygen atoms in total. The molecule has 0 radical (unpaired) electrons. The van der Waals surface area contributed by atoms with Crippen molar-refractivity contribution in [1.82, 2.24) is 5.06 Å². The lowest BCUT2D eigenvalue weighted by atomic mass is 10.1. The van der Waals surface area contributed by atoms with Crippen molar-refractivity contribution in [2.45, 2.75) is 12.6 Å². The van der Waals surface area contributed by atoms with Crippen LogP contribution in [0.3, 0.4) is 0 Å². The highest BCUT2D eigenvalue weighted by Crippen LogP contribution is 2.28. The summed E-state index contributed by atoms with van der Waals surface area (Å²) >= 11 is 0. The van der Waals surface area contributed by atoms with E-state index in [9.17, 15) is 14.0 Å². The van der Waals surface area contributed by atoms with Gasteiger partial charge < -0.3 is 20.5 Å². The number of hydrogen-bond donors (Lipinski definition) is 2. The van der Waals surface area contributed by atoms with Gasteiger partial charge in [0.05, 0.1) is 30.1 Å². The van der Waals surface area contributed by atoms with E-state index < -0.39 is 17.9 Å². The maximum atomic E-state index is 14.9. The Labute approximate surface area is 184 Å². The summed E-state index contributed by atoms with van der Waals surface area (Å²) in [7, 11) is 0. The average Bonchev–Trinajstić information content (AvgIpc) is 3.01. The molecule has 4 rings (SSSR count). The molecule has 170 valence electrons. The Bertz CT molecular complexity index is 987. The number of hydroxylamine groups is 2. The molecule has 0 aliphatic carbocycles. The number of hydrogen-bond acceptors (Lipinski definition) is 7. The number of carboxylic acid groups (broad SMARTS) is 1. The number of halogens is 1. The van der Waals surface area contributed by atoms with Gasteiger partial charge in [-0.05, 0) is 35.9 Å². The molecular weight excluding hydrogens is 419 g/mol. The minimum atomic E-state index is -0.966. The minimum absolute atomic E-state index is 0.219. The fourth-order valence-electron chi connectivity index (χ4n) is 3.79. The van der Waals surface area contributed by atoms with Gasteiger partial charge in [0, 0.05) is 32.7 Å². The molecule has 10 heteroatoms. The normalized spacial score (nSPS) is 19.7. The molecule has 2 fully saturated rings. The van der Waals surface area contributed by atoms with Crippen LogP contribution in [0.5, 0.6) is 0 Å². The number of amides is 1. The average molecular weight is 444 g/mol. The maximum Gasteiger partial charge on any atom is 0.414 e. The molecule has 2 heterocycles. The first-order valence-corrected chi connectivity index (χ1v) is 10.4. The van der Waals surface area contributed by atoms with Crippen molar-refractivity contribution in [1.29, 1.82) is 0 Å². The van der Waals surface area contributed by atoms with Crippen LogP contribution in [0, 0.1) is 5.82 Å². The van der Waals surface area contributed by atoms with Crippen LogP contribution in [0.2, 0.25) is 0 Å². The summed E-state index contributed by atoms with van der Waals surface area (Å²) in [5.41, 5.74) is 7.59. The Morgan fingerprint density at radius 3 is 2.59 bits per heavy atom. The SMILES string of the molecule is NC[C@H]1CN(c2ccc(N3CCON(Cc4ccc(C(=O)O)cc4)CC3)c(F)c2)C(=O)O1. The number of anilines is 2. The van der Waals surface area contributed by atoms with Crippen molar-refractivity contribution in [2.75, 3.05) is 49.1 Å². The Hall–Kier alpha value is -3.21. The van der Waals surface area contributed by atoms with Crippen LogP contribution in [0.25, 0.3) is 0 Å². The number of carboxylic acids is 1. The number of cyclic esters (lactones) is 1. The third-order valence-electron chi connectivity index (χ3n) is 5.53. The predicted octanol–water partition coefficient (Wildman–Crippen LogP) is 2.06. The molecule has 2 aromatic carbocycles. The van der Waals surface area contributed by atoms with Crippen molar-refractivity contribution in [3.05, 3.63) is 59.4 Å². The standard InChI is InChI=1S/C22H25FN4O5/c23-19-11-17(27-14-18(12-24)32-22(27)30)5-6-20(19)25-7-8-26(31-10-9-25)13-15-1-3-16(4-2-15)21(28)29/h1-6,11,18H,7-10,12-14,24H2,(H,28,29)/t18-/m0/s1. The largest absolute Gasteiger partial charge is 0.478 e. The summed E-state index contributed by atoms with van der Waals surface area (Å²) in [5, 5.41) is 10.8. The van der Waals surface area contributed by atoms with Gasteiger partial charge in [-0.15, -0.1) is 0 Å². The van der Waals surface area contributed by atoms with E-state index in [-0.39, 0.29) is 18.2 Å². The fraction of sp³-hybridized carbons (Fsp3) is 0.364. The first kappa shape index (κ1) is 22.0. The van der Waals surface area contributed by atoms with Crippen LogP contribution in [-0.4, -0.2) is 67.7 Å². The van der Waals surface area contributed by atoms with E-state index in [1.165, 1.54) is 11.0 Å². The molecule has 2 aromatic rings. The van der Waals surface area contributed by atoms with Gasteiger partial charge in [-0.1, -0.05) is 12.1 Å². The number of aromatic carboxylic acids is 1. The van der Waals surface area contributed by atoms with E-state index in [1.807, 2.05) is 4.90 Å². The Morgan fingerprint density at radius 2 is 1.94 bits per heavy atom. The molecule has 0 bridgehead atoms. The zero-order chi connectivity index (χ0) is 22.7. The molecule has 1 amide bonds. The van der Waals surface area contributed by atoms with Gasteiger partial charge in [0.1, 0.15) is 11.9 Å². The van der Waals surface area contributed by atoms with Crippen molar-refractivity contribution < 1.29 is 28.7 Å². The van der Waals surface area contributed by atoms with E-state index in [0.717, 1.165) is 5.56 Å². The van der Waals surface area contributed by atoms with Crippen molar-refractivity contribution in [2.24, 2.45) is 5.73 Å². The van der Waals surface area contributed by atoms with Gasteiger partial charge in [0.25, 0.3) is 0 Å². The molecule has 0 unspecified atom stereocenters. The Balaban J connectivity index is 1.38. The topological polar surface area (TPSA) is 109 Å². The van der Waals surface area contributed by atoms with Crippen LogP contribution in [0.4, 0.5) is 20.6 Å². The van der Waals surface area contributed by atoms with Gasteiger partial charge in [0.15, 0.2) is 0 Å². The number of ether oxygens (including phenoxy) is 1. The van der Waals surface area contributed by atoms with E-state index in [4.69, 9.17) is 20.4 Å². The maximum absolute atomic E-state index is 14.9. The molecule has 2 aliphatic rings. The minimum Gasteiger partial charge on any atom is -0.478 e. The van der Waals surface area contributed by atoms with Crippen molar-refractivity contribution >= 4 is 23.4 Å². The summed E-state index contributed by atoms with van der Waals surface area (Å²) in [6, 6.07) is 11.3. The van der Waals surface area contributed by atoms with Crippen LogP contribution < -0.4 is 15.5 Å². The summed E-state index contributed by atoms with van der Waals surface area (Å²) < 4.78 is 20.1. The zero-order valence-corrected chi connectivity index (χ0v) is 17.4. The van der Waals surface area contributed by atoms with Gasteiger partial charge in [-0.25, -0.2) is 14.0 Å². The molecule has 2 aliphatic heterocycles. The van der Waals surface area contributed by atoms with Crippen molar-refractivity contribution in [3.8, 4) is 0 Å². The fourth-order valence-corrected chi connectivity index (χ4v) is 3.79. The lowest BCUT2D eigenvalue weighted by Gasteiger charge is -2.24.